The first-order valence-electron chi connectivity index (χ1n) is 7.71. The second-order valence-electron chi connectivity index (χ2n) is 5.81. The van der Waals surface area contributed by atoms with Gasteiger partial charge < -0.3 is 15.8 Å². The van der Waals surface area contributed by atoms with Crippen molar-refractivity contribution in [2.45, 2.75) is 25.3 Å². The maximum absolute atomic E-state index is 13.3. The first-order valence-corrected chi connectivity index (χ1v) is 7.71. The van der Waals surface area contributed by atoms with Crippen molar-refractivity contribution in [2.24, 2.45) is 11.7 Å². The Morgan fingerprint density at radius 3 is 2.74 bits per heavy atom. The van der Waals surface area contributed by atoms with Crippen LogP contribution in [0.4, 0.5) is 10.1 Å². The van der Waals surface area contributed by atoms with E-state index in [2.05, 4.69) is 5.32 Å². The zero-order chi connectivity index (χ0) is 16.2. The van der Waals surface area contributed by atoms with Crippen LogP contribution in [-0.4, -0.2) is 11.9 Å². The second-order valence-corrected chi connectivity index (χ2v) is 5.81. The Morgan fingerprint density at radius 2 is 2.00 bits per heavy atom. The molecular formula is C18H19FN2O2. The molecule has 2 aromatic carbocycles. The summed E-state index contributed by atoms with van der Waals surface area (Å²) in [5.74, 6) is 0.382. The van der Waals surface area contributed by atoms with E-state index < -0.39 is 0 Å². The first-order chi connectivity index (χ1) is 11.1. The van der Waals surface area contributed by atoms with Crippen molar-refractivity contribution in [2.75, 3.05) is 5.32 Å². The third kappa shape index (κ3) is 3.87. The van der Waals surface area contributed by atoms with Gasteiger partial charge in [-0.25, -0.2) is 4.39 Å². The molecule has 1 aliphatic carbocycles. The fraction of sp³-hybridized carbons (Fsp3) is 0.278. The molecular weight excluding hydrogens is 295 g/mol. The van der Waals surface area contributed by atoms with Crippen molar-refractivity contribution in [3.8, 4) is 11.5 Å². The van der Waals surface area contributed by atoms with Crippen molar-refractivity contribution in [3.63, 3.8) is 0 Å². The van der Waals surface area contributed by atoms with Crippen LogP contribution in [0.25, 0.3) is 0 Å². The molecule has 0 bridgehead atoms. The van der Waals surface area contributed by atoms with Gasteiger partial charge in [0, 0.05) is 18.0 Å². The lowest BCUT2D eigenvalue weighted by Gasteiger charge is -2.14. The largest absolute Gasteiger partial charge is 0.455 e. The van der Waals surface area contributed by atoms with Crippen molar-refractivity contribution in [1.29, 1.82) is 0 Å². The van der Waals surface area contributed by atoms with Gasteiger partial charge in [0.1, 0.15) is 11.6 Å². The number of carbonyl (C=O) groups excluding carboxylic acids is 1. The molecule has 23 heavy (non-hydrogen) atoms. The molecule has 1 amide bonds. The number of nitrogens with one attached hydrogen (secondary N) is 1. The zero-order valence-corrected chi connectivity index (χ0v) is 12.7. The summed E-state index contributed by atoms with van der Waals surface area (Å²) in [6.07, 6.45) is 2.39. The average molecular weight is 314 g/mol. The highest BCUT2D eigenvalue weighted by Crippen LogP contribution is 2.31. The minimum atomic E-state index is -0.371. The minimum absolute atomic E-state index is 0.0479. The molecule has 3 N–H and O–H groups in total. The Balaban J connectivity index is 1.74. The van der Waals surface area contributed by atoms with Gasteiger partial charge >= 0.3 is 0 Å². The SMILES string of the molecule is NC1CCC(C(=O)Nc2ccccc2Oc2cccc(F)c2)C1. The van der Waals surface area contributed by atoms with E-state index >= 15 is 0 Å². The van der Waals surface area contributed by atoms with Crippen molar-refractivity contribution < 1.29 is 13.9 Å². The van der Waals surface area contributed by atoms with Crippen LogP contribution in [0.2, 0.25) is 0 Å². The van der Waals surface area contributed by atoms with Crippen molar-refractivity contribution in [3.05, 3.63) is 54.3 Å². The van der Waals surface area contributed by atoms with Gasteiger partial charge in [-0.15, -0.1) is 0 Å². The number of halogens is 1. The summed E-state index contributed by atoms with van der Waals surface area (Å²) in [5.41, 5.74) is 6.43. The predicted octanol–water partition coefficient (Wildman–Crippen LogP) is 3.68. The molecule has 0 heterocycles. The highest BCUT2D eigenvalue weighted by atomic mass is 19.1. The Kier molecular flexibility index (Phi) is 4.57. The number of hydrogen-bond donors (Lipinski definition) is 2. The quantitative estimate of drug-likeness (QED) is 0.904. The van der Waals surface area contributed by atoms with Crippen LogP contribution in [0.15, 0.2) is 48.5 Å². The monoisotopic (exact) mass is 314 g/mol. The molecule has 0 saturated heterocycles. The number of para-hydroxylation sites is 2. The van der Waals surface area contributed by atoms with Gasteiger partial charge in [0.15, 0.2) is 5.75 Å². The molecule has 4 nitrogen and oxygen atoms in total. The molecule has 1 saturated carbocycles. The van der Waals surface area contributed by atoms with Crippen LogP contribution in [-0.2, 0) is 4.79 Å². The normalized spacial score (nSPS) is 20.3. The van der Waals surface area contributed by atoms with E-state index in [1.54, 1.807) is 30.3 Å². The maximum atomic E-state index is 13.3. The van der Waals surface area contributed by atoms with Gasteiger partial charge in [0.25, 0.3) is 0 Å². The molecule has 2 aromatic rings. The third-order valence-electron chi connectivity index (χ3n) is 4.01. The number of benzene rings is 2. The molecule has 0 spiro atoms. The van der Waals surface area contributed by atoms with E-state index in [-0.39, 0.29) is 23.7 Å². The van der Waals surface area contributed by atoms with E-state index in [1.165, 1.54) is 12.1 Å². The highest BCUT2D eigenvalue weighted by molar-refractivity contribution is 5.94. The number of anilines is 1. The Bertz CT molecular complexity index is 705. The van der Waals surface area contributed by atoms with Gasteiger partial charge in [0.2, 0.25) is 5.91 Å². The van der Waals surface area contributed by atoms with E-state index in [9.17, 15) is 9.18 Å². The predicted molar refractivity (Wildman–Crippen MR) is 86.9 cm³/mol. The third-order valence-corrected chi connectivity index (χ3v) is 4.01. The van der Waals surface area contributed by atoms with Crippen molar-refractivity contribution in [1.82, 2.24) is 0 Å². The maximum Gasteiger partial charge on any atom is 0.227 e. The lowest BCUT2D eigenvalue weighted by Crippen LogP contribution is -2.23. The molecule has 1 aliphatic rings. The Labute approximate surface area is 134 Å². The highest BCUT2D eigenvalue weighted by Gasteiger charge is 2.28. The molecule has 3 rings (SSSR count). The number of amides is 1. The van der Waals surface area contributed by atoms with E-state index in [1.807, 2.05) is 6.07 Å². The van der Waals surface area contributed by atoms with E-state index in [0.717, 1.165) is 12.8 Å². The van der Waals surface area contributed by atoms with Crippen LogP contribution < -0.4 is 15.8 Å². The van der Waals surface area contributed by atoms with Crippen LogP contribution in [0, 0.1) is 11.7 Å². The van der Waals surface area contributed by atoms with Gasteiger partial charge in [-0.2, -0.15) is 0 Å². The molecule has 5 heteroatoms. The fourth-order valence-corrected chi connectivity index (χ4v) is 2.81. The molecule has 2 atom stereocenters. The van der Waals surface area contributed by atoms with Crippen LogP contribution >= 0.6 is 0 Å². The van der Waals surface area contributed by atoms with Gasteiger partial charge in [-0.3, -0.25) is 4.79 Å². The summed E-state index contributed by atoms with van der Waals surface area (Å²) in [4.78, 5) is 12.3. The van der Waals surface area contributed by atoms with Gasteiger partial charge in [-0.1, -0.05) is 18.2 Å². The molecule has 1 fully saturated rings. The lowest BCUT2D eigenvalue weighted by atomic mass is 10.1. The summed E-state index contributed by atoms with van der Waals surface area (Å²) < 4.78 is 19.0. The molecule has 0 aliphatic heterocycles. The first kappa shape index (κ1) is 15.5. The molecule has 0 radical (unpaired) electrons. The molecule has 0 aromatic heterocycles. The summed E-state index contributed by atoms with van der Waals surface area (Å²) in [6.45, 7) is 0. The number of carbonyl (C=O) groups is 1. The lowest BCUT2D eigenvalue weighted by molar-refractivity contribution is -0.119. The Morgan fingerprint density at radius 1 is 1.17 bits per heavy atom. The standard InChI is InChI=1S/C18H19FN2O2/c19-13-4-3-5-15(11-13)23-17-7-2-1-6-16(17)21-18(22)12-8-9-14(20)10-12/h1-7,11-12,14H,8-10,20H2,(H,21,22). The summed E-state index contributed by atoms with van der Waals surface area (Å²) >= 11 is 0. The number of rotatable bonds is 4. The zero-order valence-electron chi connectivity index (χ0n) is 12.7. The number of hydrogen-bond acceptors (Lipinski definition) is 3. The Hall–Kier alpha value is -2.40. The summed E-state index contributed by atoms with van der Waals surface area (Å²) in [5, 5.41) is 2.89. The van der Waals surface area contributed by atoms with Gasteiger partial charge in [-0.05, 0) is 43.5 Å². The van der Waals surface area contributed by atoms with Crippen LogP contribution in [0.5, 0.6) is 11.5 Å². The summed E-state index contributed by atoms with van der Waals surface area (Å²) in [6, 6.07) is 13.1. The molecule has 120 valence electrons. The molecule has 2 unspecified atom stereocenters. The topological polar surface area (TPSA) is 64.4 Å². The number of nitrogens with two attached hydrogens (primary N) is 1. The minimum Gasteiger partial charge on any atom is -0.455 e. The average Bonchev–Trinajstić information content (AvgIpc) is 2.96. The van der Waals surface area contributed by atoms with Crippen LogP contribution in [0.1, 0.15) is 19.3 Å². The van der Waals surface area contributed by atoms with E-state index in [4.69, 9.17) is 10.5 Å². The van der Waals surface area contributed by atoms with Gasteiger partial charge in [0.05, 0.1) is 5.69 Å². The second kappa shape index (κ2) is 6.79. The number of ether oxygens (including phenoxy) is 1. The summed E-state index contributed by atoms with van der Waals surface area (Å²) in [7, 11) is 0. The van der Waals surface area contributed by atoms with E-state index in [0.29, 0.717) is 23.6 Å². The van der Waals surface area contributed by atoms with Crippen LogP contribution in [0.3, 0.4) is 0 Å². The van der Waals surface area contributed by atoms with Crippen molar-refractivity contribution >= 4 is 11.6 Å². The fourth-order valence-electron chi connectivity index (χ4n) is 2.81. The smallest absolute Gasteiger partial charge is 0.227 e.